The van der Waals surface area contributed by atoms with Crippen molar-refractivity contribution in [2.45, 2.75) is 19.3 Å². The van der Waals surface area contributed by atoms with Crippen molar-refractivity contribution in [2.24, 2.45) is 11.8 Å². The summed E-state index contributed by atoms with van der Waals surface area (Å²) in [4.78, 5) is 40.7. The van der Waals surface area contributed by atoms with E-state index in [-0.39, 0.29) is 30.1 Å². The van der Waals surface area contributed by atoms with Crippen molar-refractivity contribution in [3.05, 3.63) is 54.5 Å². The maximum Gasteiger partial charge on any atom is 0.257 e. The van der Waals surface area contributed by atoms with Crippen LogP contribution in [-0.4, -0.2) is 48.8 Å². The van der Waals surface area contributed by atoms with Gasteiger partial charge >= 0.3 is 0 Å². The molecule has 2 aliphatic rings. The zero-order valence-electron chi connectivity index (χ0n) is 16.3. The van der Waals surface area contributed by atoms with Gasteiger partial charge in [0.25, 0.3) is 5.91 Å². The summed E-state index contributed by atoms with van der Waals surface area (Å²) in [6, 6.07) is 11.1. The summed E-state index contributed by atoms with van der Waals surface area (Å²) in [7, 11) is 0. The summed E-state index contributed by atoms with van der Waals surface area (Å²) < 4.78 is 4.98. The fraction of sp³-hybridized carbons (Fsp3) is 0.409. The molecule has 2 fully saturated rings. The Kier molecular flexibility index (Phi) is 5.64. The minimum absolute atomic E-state index is 0.00768. The Morgan fingerprint density at radius 2 is 1.86 bits per heavy atom. The number of likely N-dealkylation sites (tertiary alicyclic amines) is 1. The number of nitrogens with one attached hydrogen (secondary N) is 1. The number of amides is 3. The number of nitrogens with zero attached hydrogens (tertiary/aromatic N) is 2. The van der Waals surface area contributed by atoms with Crippen molar-refractivity contribution in [3.8, 4) is 0 Å². The molecule has 3 amide bonds. The molecule has 0 saturated carbocycles. The van der Waals surface area contributed by atoms with Crippen molar-refractivity contribution in [2.75, 3.05) is 31.1 Å². The molecule has 29 heavy (non-hydrogen) atoms. The fourth-order valence-corrected chi connectivity index (χ4v) is 4.04. The lowest BCUT2D eigenvalue weighted by molar-refractivity contribution is -0.126. The van der Waals surface area contributed by atoms with Gasteiger partial charge in [-0.05, 0) is 37.0 Å². The van der Waals surface area contributed by atoms with E-state index < -0.39 is 0 Å². The van der Waals surface area contributed by atoms with Crippen LogP contribution in [0.15, 0.2) is 53.3 Å². The molecule has 0 aliphatic carbocycles. The van der Waals surface area contributed by atoms with Gasteiger partial charge in [0, 0.05) is 38.3 Å². The molecule has 3 heterocycles. The van der Waals surface area contributed by atoms with Crippen molar-refractivity contribution < 1.29 is 18.8 Å². The Labute approximate surface area is 169 Å². The van der Waals surface area contributed by atoms with Crippen molar-refractivity contribution >= 4 is 23.4 Å². The SMILES string of the molecule is O=C(NCC1CCN(C(=O)c2ccoc2)CC1)C1CC(=O)N(c2ccccc2)C1. The minimum atomic E-state index is -0.314. The van der Waals surface area contributed by atoms with Gasteiger partial charge in [0.1, 0.15) is 6.26 Å². The van der Waals surface area contributed by atoms with E-state index in [4.69, 9.17) is 4.42 Å². The number of hydrogen-bond donors (Lipinski definition) is 1. The number of furan rings is 1. The van der Waals surface area contributed by atoms with Crippen LogP contribution in [-0.2, 0) is 9.59 Å². The third kappa shape index (κ3) is 4.34. The monoisotopic (exact) mass is 395 g/mol. The molecule has 1 unspecified atom stereocenters. The topological polar surface area (TPSA) is 82.9 Å². The van der Waals surface area contributed by atoms with Gasteiger partial charge in [-0.1, -0.05) is 18.2 Å². The molecule has 0 spiro atoms. The largest absolute Gasteiger partial charge is 0.472 e. The summed E-state index contributed by atoms with van der Waals surface area (Å²) in [5.74, 6) is -0.0528. The van der Waals surface area contributed by atoms with Gasteiger partial charge in [0.05, 0.1) is 17.7 Å². The van der Waals surface area contributed by atoms with E-state index in [1.54, 1.807) is 11.0 Å². The first-order valence-corrected chi connectivity index (χ1v) is 10.1. The van der Waals surface area contributed by atoms with Crippen LogP contribution in [0.5, 0.6) is 0 Å². The normalized spacial score (nSPS) is 20.1. The van der Waals surface area contributed by atoms with E-state index in [1.165, 1.54) is 12.5 Å². The number of carbonyl (C=O) groups excluding carboxylic acids is 3. The predicted molar refractivity (Wildman–Crippen MR) is 107 cm³/mol. The Hall–Kier alpha value is -3.09. The molecule has 2 saturated heterocycles. The minimum Gasteiger partial charge on any atom is -0.472 e. The molecular formula is C22H25N3O4. The van der Waals surface area contributed by atoms with Crippen LogP contribution < -0.4 is 10.2 Å². The lowest BCUT2D eigenvalue weighted by Crippen LogP contribution is -2.42. The molecule has 2 aromatic rings. The van der Waals surface area contributed by atoms with E-state index in [0.29, 0.717) is 37.7 Å². The second-order valence-electron chi connectivity index (χ2n) is 7.73. The van der Waals surface area contributed by atoms with Crippen molar-refractivity contribution in [3.63, 3.8) is 0 Å². The number of benzene rings is 1. The quantitative estimate of drug-likeness (QED) is 0.842. The highest BCUT2D eigenvalue weighted by Gasteiger charge is 2.35. The second kappa shape index (κ2) is 8.51. The van der Waals surface area contributed by atoms with Crippen LogP contribution in [0.2, 0.25) is 0 Å². The maximum atomic E-state index is 12.6. The zero-order valence-corrected chi connectivity index (χ0v) is 16.3. The van der Waals surface area contributed by atoms with E-state index in [0.717, 1.165) is 18.5 Å². The lowest BCUT2D eigenvalue weighted by atomic mass is 9.96. The summed E-state index contributed by atoms with van der Waals surface area (Å²) in [5.41, 5.74) is 1.41. The third-order valence-electron chi connectivity index (χ3n) is 5.80. The summed E-state index contributed by atoms with van der Waals surface area (Å²) in [5, 5.41) is 3.02. The Morgan fingerprint density at radius 1 is 1.10 bits per heavy atom. The van der Waals surface area contributed by atoms with E-state index in [1.807, 2.05) is 35.2 Å². The average Bonchev–Trinajstić information content (AvgIpc) is 3.42. The molecule has 7 heteroatoms. The summed E-state index contributed by atoms with van der Waals surface area (Å²) in [6.07, 6.45) is 4.92. The van der Waals surface area contributed by atoms with E-state index >= 15 is 0 Å². The van der Waals surface area contributed by atoms with Crippen LogP contribution in [0, 0.1) is 11.8 Å². The first kappa shape index (κ1) is 19.2. The number of piperidine rings is 1. The number of anilines is 1. The van der Waals surface area contributed by atoms with Gasteiger partial charge in [-0.15, -0.1) is 0 Å². The highest BCUT2D eigenvalue weighted by atomic mass is 16.3. The van der Waals surface area contributed by atoms with E-state index in [9.17, 15) is 14.4 Å². The van der Waals surface area contributed by atoms with Crippen LogP contribution in [0.25, 0.3) is 0 Å². The van der Waals surface area contributed by atoms with Crippen LogP contribution in [0.3, 0.4) is 0 Å². The average molecular weight is 395 g/mol. The Bertz CT molecular complexity index is 857. The van der Waals surface area contributed by atoms with Gasteiger partial charge in [0.15, 0.2) is 0 Å². The number of rotatable bonds is 5. The molecule has 0 bridgehead atoms. The summed E-state index contributed by atoms with van der Waals surface area (Å²) >= 11 is 0. The predicted octanol–water partition coefficient (Wildman–Crippen LogP) is 2.30. The van der Waals surface area contributed by atoms with Crippen molar-refractivity contribution in [1.82, 2.24) is 10.2 Å². The highest BCUT2D eigenvalue weighted by molar-refractivity contribution is 6.00. The van der Waals surface area contributed by atoms with Gasteiger partial charge in [-0.2, -0.15) is 0 Å². The first-order chi connectivity index (χ1) is 14.1. The Balaban J connectivity index is 1.23. The Morgan fingerprint density at radius 3 is 2.55 bits per heavy atom. The second-order valence-corrected chi connectivity index (χ2v) is 7.73. The van der Waals surface area contributed by atoms with Crippen LogP contribution in [0.1, 0.15) is 29.6 Å². The van der Waals surface area contributed by atoms with Gasteiger partial charge in [-0.25, -0.2) is 0 Å². The molecule has 4 rings (SSSR count). The number of carbonyl (C=O) groups is 3. The molecule has 7 nitrogen and oxygen atoms in total. The van der Waals surface area contributed by atoms with Crippen LogP contribution >= 0.6 is 0 Å². The lowest BCUT2D eigenvalue weighted by Gasteiger charge is -2.32. The molecule has 1 aromatic carbocycles. The molecular weight excluding hydrogens is 370 g/mol. The van der Waals surface area contributed by atoms with Gasteiger partial charge < -0.3 is 19.5 Å². The molecule has 2 aliphatic heterocycles. The van der Waals surface area contributed by atoms with E-state index in [2.05, 4.69) is 5.32 Å². The van der Waals surface area contributed by atoms with Crippen molar-refractivity contribution in [1.29, 1.82) is 0 Å². The molecule has 1 N–H and O–H groups in total. The molecule has 1 atom stereocenters. The molecule has 0 radical (unpaired) electrons. The summed E-state index contributed by atoms with van der Waals surface area (Å²) in [6.45, 7) is 2.36. The van der Waals surface area contributed by atoms with Crippen LogP contribution in [0.4, 0.5) is 5.69 Å². The number of para-hydroxylation sites is 1. The fourth-order valence-electron chi connectivity index (χ4n) is 4.04. The first-order valence-electron chi connectivity index (χ1n) is 10.1. The molecule has 152 valence electrons. The van der Waals surface area contributed by atoms with Gasteiger partial charge in [-0.3, -0.25) is 14.4 Å². The molecule has 1 aromatic heterocycles. The highest BCUT2D eigenvalue weighted by Crippen LogP contribution is 2.25. The number of hydrogen-bond acceptors (Lipinski definition) is 4. The standard InChI is InChI=1S/C22H25N3O4/c26-20-12-18(14-25(20)19-4-2-1-3-5-19)21(27)23-13-16-6-9-24(10-7-16)22(28)17-8-11-29-15-17/h1-5,8,11,15-16,18H,6-7,9-10,12-14H2,(H,23,27). The third-order valence-corrected chi connectivity index (χ3v) is 5.80. The smallest absolute Gasteiger partial charge is 0.257 e. The van der Waals surface area contributed by atoms with Gasteiger partial charge in [0.2, 0.25) is 11.8 Å². The maximum absolute atomic E-state index is 12.6. The zero-order chi connectivity index (χ0) is 20.2.